The van der Waals surface area contributed by atoms with Crippen molar-refractivity contribution in [3.8, 4) is 28.6 Å². The summed E-state index contributed by atoms with van der Waals surface area (Å²) in [5, 5.41) is 0. The van der Waals surface area contributed by atoms with Gasteiger partial charge >= 0.3 is 0 Å². The fraction of sp³-hybridized carbons (Fsp3) is 0.167. The number of hydrogen-bond acceptors (Lipinski definition) is 3. The highest BCUT2D eigenvalue weighted by molar-refractivity contribution is 5.68. The molecule has 3 aromatic rings. The molecular weight excluding hydrogens is 314 g/mol. The van der Waals surface area contributed by atoms with Gasteiger partial charge in [0.2, 0.25) is 0 Å². The van der Waals surface area contributed by atoms with Gasteiger partial charge in [-0.15, -0.1) is 0 Å². The van der Waals surface area contributed by atoms with Crippen LogP contribution in [-0.4, -0.2) is 23.3 Å². The highest BCUT2D eigenvalue weighted by Crippen LogP contribution is 2.37. The second kappa shape index (κ2) is 5.63. The van der Waals surface area contributed by atoms with Crippen molar-refractivity contribution in [1.82, 2.24) is 9.55 Å². The Kier molecular flexibility index (Phi) is 3.45. The number of ether oxygens (including phenoxy) is 2. The molecule has 122 valence electrons. The van der Waals surface area contributed by atoms with Gasteiger partial charge < -0.3 is 9.47 Å². The standard InChI is InChI=1S/C18H14F2N2O2/c1-23-15-6-5-12(19)17(20)16(15)18-21-8-9-22(18)13-3-2-4-14-11(13)7-10-24-14/h2-6,8-9H,7,10H2,1H3. The summed E-state index contributed by atoms with van der Waals surface area (Å²) < 4.78 is 40.7. The minimum absolute atomic E-state index is 0.000909. The Morgan fingerprint density at radius 1 is 1.21 bits per heavy atom. The van der Waals surface area contributed by atoms with Gasteiger partial charge in [-0.3, -0.25) is 4.57 Å². The molecule has 4 rings (SSSR count). The summed E-state index contributed by atoms with van der Waals surface area (Å²) in [6.45, 7) is 0.605. The number of imidazole rings is 1. The maximum absolute atomic E-state index is 14.4. The zero-order chi connectivity index (χ0) is 16.7. The molecule has 1 aliphatic rings. The molecule has 1 aromatic heterocycles. The fourth-order valence-electron chi connectivity index (χ4n) is 3.02. The molecule has 2 aromatic carbocycles. The van der Waals surface area contributed by atoms with Crippen molar-refractivity contribution >= 4 is 0 Å². The van der Waals surface area contributed by atoms with Crippen LogP contribution in [0.15, 0.2) is 42.7 Å². The van der Waals surface area contributed by atoms with Crippen LogP contribution < -0.4 is 9.47 Å². The van der Waals surface area contributed by atoms with Crippen LogP contribution in [-0.2, 0) is 6.42 Å². The largest absolute Gasteiger partial charge is 0.496 e. The van der Waals surface area contributed by atoms with E-state index in [1.54, 1.807) is 17.0 Å². The van der Waals surface area contributed by atoms with Crippen molar-refractivity contribution in [2.75, 3.05) is 13.7 Å². The molecule has 2 heterocycles. The molecule has 24 heavy (non-hydrogen) atoms. The van der Waals surface area contributed by atoms with E-state index in [-0.39, 0.29) is 17.1 Å². The van der Waals surface area contributed by atoms with Crippen molar-refractivity contribution in [3.63, 3.8) is 0 Å². The fourth-order valence-corrected chi connectivity index (χ4v) is 3.02. The topological polar surface area (TPSA) is 36.3 Å². The van der Waals surface area contributed by atoms with Crippen LogP contribution in [0.4, 0.5) is 8.78 Å². The first-order valence-corrected chi connectivity index (χ1v) is 7.51. The average Bonchev–Trinajstić information content (AvgIpc) is 3.25. The number of aromatic nitrogens is 2. The predicted octanol–water partition coefficient (Wildman–Crippen LogP) is 3.76. The molecule has 0 unspecified atom stereocenters. The number of rotatable bonds is 3. The highest BCUT2D eigenvalue weighted by Gasteiger charge is 2.23. The van der Waals surface area contributed by atoms with Crippen LogP contribution >= 0.6 is 0 Å². The Labute approximate surface area is 137 Å². The number of methoxy groups -OCH3 is 1. The van der Waals surface area contributed by atoms with Crippen LogP contribution in [0.25, 0.3) is 17.1 Å². The Morgan fingerprint density at radius 2 is 2.08 bits per heavy atom. The van der Waals surface area contributed by atoms with Crippen molar-refractivity contribution < 1.29 is 18.3 Å². The van der Waals surface area contributed by atoms with E-state index in [1.807, 2.05) is 18.2 Å². The van der Waals surface area contributed by atoms with Crippen molar-refractivity contribution in [2.24, 2.45) is 0 Å². The molecule has 0 amide bonds. The molecule has 0 radical (unpaired) electrons. The van der Waals surface area contributed by atoms with E-state index in [0.717, 1.165) is 29.5 Å². The second-order valence-electron chi connectivity index (χ2n) is 5.41. The summed E-state index contributed by atoms with van der Waals surface area (Å²) in [4.78, 5) is 4.23. The van der Waals surface area contributed by atoms with E-state index >= 15 is 0 Å². The lowest BCUT2D eigenvalue weighted by Gasteiger charge is -2.14. The highest BCUT2D eigenvalue weighted by atomic mass is 19.2. The second-order valence-corrected chi connectivity index (χ2v) is 5.41. The molecule has 6 heteroatoms. The molecule has 0 N–H and O–H groups in total. The summed E-state index contributed by atoms with van der Waals surface area (Å²) in [7, 11) is 1.41. The van der Waals surface area contributed by atoms with Crippen molar-refractivity contribution in [3.05, 3.63) is 59.9 Å². The molecule has 4 nitrogen and oxygen atoms in total. The molecule has 0 spiro atoms. The van der Waals surface area contributed by atoms with E-state index in [9.17, 15) is 8.78 Å². The maximum Gasteiger partial charge on any atom is 0.173 e. The Morgan fingerprint density at radius 3 is 2.92 bits per heavy atom. The van der Waals surface area contributed by atoms with Gasteiger partial charge in [0.25, 0.3) is 0 Å². The number of benzene rings is 2. The molecular formula is C18H14F2N2O2. The average molecular weight is 328 g/mol. The molecule has 0 bridgehead atoms. The number of fused-ring (bicyclic) bond motifs is 1. The first-order valence-electron chi connectivity index (χ1n) is 7.51. The van der Waals surface area contributed by atoms with Crippen LogP contribution in [0, 0.1) is 11.6 Å². The summed E-state index contributed by atoms with van der Waals surface area (Å²) in [6, 6.07) is 8.10. The molecule has 0 fully saturated rings. The van der Waals surface area contributed by atoms with Gasteiger partial charge in [0, 0.05) is 24.4 Å². The van der Waals surface area contributed by atoms with E-state index in [2.05, 4.69) is 4.98 Å². The third-order valence-electron chi connectivity index (χ3n) is 4.12. The molecule has 1 aliphatic heterocycles. The van der Waals surface area contributed by atoms with Crippen LogP contribution in [0.2, 0.25) is 0 Å². The van der Waals surface area contributed by atoms with E-state index in [1.165, 1.54) is 13.2 Å². The summed E-state index contributed by atoms with van der Waals surface area (Å²) in [6.07, 6.45) is 4.02. The van der Waals surface area contributed by atoms with Gasteiger partial charge in [0.15, 0.2) is 17.5 Å². The Hall–Kier alpha value is -2.89. The number of halogens is 2. The molecule has 0 saturated carbocycles. The molecule has 0 saturated heterocycles. The predicted molar refractivity (Wildman–Crippen MR) is 84.7 cm³/mol. The smallest absolute Gasteiger partial charge is 0.173 e. The zero-order valence-electron chi connectivity index (χ0n) is 12.9. The monoisotopic (exact) mass is 328 g/mol. The molecule has 0 atom stereocenters. The van der Waals surface area contributed by atoms with E-state index in [4.69, 9.17) is 9.47 Å². The third kappa shape index (κ3) is 2.14. The normalized spacial score (nSPS) is 12.8. The first kappa shape index (κ1) is 14.7. The summed E-state index contributed by atoms with van der Waals surface area (Å²) in [5.74, 6) is -0.610. The quantitative estimate of drug-likeness (QED) is 0.734. The van der Waals surface area contributed by atoms with Crippen molar-refractivity contribution in [1.29, 1.82) is 0 Å². The van der Waals surface area contributed by atoms with Gasteiger partial charge in [0.05, 0.1) is 25.0 Å². The van der Waals surface area contributed by atoms with Gasteiger partial charge in [0.1, 0.15) is 11.5 Å². The van der Waals surface area contributed by atoms with E-state index in [0.29, 0.717) is 6.61 Å². The SMILES string of the molecule is COc1ccc(F)c(F)c1-c1nccn1-c1cccc2c1CCO2. The lowest BCUT2D eigenvalue weighted by molar-refractivity contribution is 0.357. The zero-order valence-corrected chi connectivity index (χ0v) is 12.9. The third-order valence-corrected chi connectivity index (χ3v) is 4.12. The Balaban J connectivity index is 1.95. The van der Waals surface area contributed by atoms with E-state index < -0.39 is 11.6 Å². The first-order chi connectivity index (χ1) is 11.7. The van der Waals surface area contributed by atoms with Gasteiger partial charge in [-0.05, 0) is 24.3 Å². The van der Waals surface area contributed by atoms with Gasteiger partial charge in [-0.2, -0.15) is 0 Å². The summed E-state index contributed by atoms with van der Waals surface area (Å²) >= 11 is 0. The number of nitrogens with zero attached hydrogens (tertiary/aromatic N) is 2. The number of hydrogen-bond donors (Lipinski definition) is 0. The lowest BCUT2D eigenvalue weighted by atomic mass is 10.1. The minimum Gasteiger partial charge on any atom is -0.496 e. The minimum atomic E-state index is -0.981. The Bertz CT molecular complexity index is 921. The lowest BCUT2D eigenvalue weighted by Crippen LogP contribution is -2.03. The van der Waals surface area contributed by atoms with Crippen LogP contribution in [0.3, 0.4) is 0 Å². The van der Waals surface area contributed by atoms with Crippen LogP contribution in [0.1, 0.15) is 5.56 Å². The summed E-state index contributed by atoms with van der Waals surface area (Å²) in [5.41, 5.74) is 1.86. The van der Waals surface area contributed by atoms with Crippen LogP contribution in [0.5, 0.6) is 11.5 Å². The van der Waals surface area contributed by atoms with Gasteiger partial charge in [-0.25, -0.2) is 13.8 Å². The molecule has 0 aliphatic carbocycles. The van der Waals surface area contributed by atoms with Crippen molar-refractivity contribution in [2.45, 2.75) is 6.42 Å². The maximum atomic E-state index is 14.4. The van der Waals surface area contributed by atoms with Gasteiger partial charge in [-0.1, -0.05) is 6.07 Å².